The highest BCUT2D eigenvalue weighted by molar-refractivity contribution is 6.40. The fraction of sp³-hybridized carbons (Fsp3) is 0.143. The normalized spacial score (nSPS) is 14.6. The van der Waals surface area contributed by atoms with Gasteiger partial charge in [0.05, 0.1) is 15.6 Å². The molecule has 0 radical (unpaired) electrons. The predicted molar refractivity (Wildman–Crippen MR) is 147 cm³/mol. The molecule has 0 spiro atoms. The molecule has 0 saturated heterocycles. The number of hydrogen-bond acceptors (Lipinski definition) is 6. The molecule has 3 aromatic rings. The van der Waals surface area contributed by atoms with Crippen LogP contribution in [0.3, 0.4) is 0 Å². The number of aromatic hydroxyl groups is 1. The van der Waals surface area contributed by atoms with E-state index in [0.29, 0.717) is 16.8 Å². The Bertz CT molecular complexity index is 1480. The van der Waals surface area contributed by atoms with Gasteiger partial charge in [-0.15, -0.1) is 0 Å². The molecule has 0 saturated carbocycles. The highest BCUT2D eigenvalue weighted by Gasteiger charge is 2.34. The summed E-state index contributed by atoms with van der Waals surface area (Å²) in [6.45, 7) is 4.04. The summed E-state index contributed by atoms with van der Waals surface area (Å²) in [6.07, 6.45) is -0.629. The molecule has 2 unspecified atom stereocenters. The van der Waals surface area contributed by atoms with Crippen molar-refractivity contribution >= 4 is 58.0 Å². The lowest BCUT2D eigenvalue weighted by molar-refractivity contribution is -0.141. The zero-order valence-electron chi connectivity index (χ0n) is 20.3. The Balaban J connectivity index is 1.43. The summed E-state index contributed by atoms with van der Waals surface area (Å²) < 4.78 is 0. The summed E-state index contributed by atoms with van der Waals surface area (Å²) in [4.78, 5) is 50.4. The molecule has 2 atom stereocenters. The zero-order chi connectivity index (χ0) is 28.3. The topological polar surface area (TPSA) is 145 Å². The van der Waals surface area contributed by atoms with E-state index in [0.717, 1.165) is 5.56 Å². The zero-order valence-corrected chi connectivity index (χ0v) is 21.8. The van der Waals surface area contributed by atoms with Crippen molar-refractivity contribution in [3.8, 4) is 5.75 Å². The number of nitrogens with one attached hydrogen (secondary N) is 3. The van der Waals surface area contributed by atoms with Crippen LogP contribution >= 0.6 is 23.2 Å². The third kappa shape index (κ3) is 6.22. The maximum atomic E-state index is 13.0. The van der Waals surface area contributed by atoms with Crippen LogP contribution in [0.5, 0.6) is 5.75 Å². The van der Waals surface area contributed by atoms with Gasteiger partial charge in [-0.1, -0.05) is 60.1 Å². The van der Waals surface area contributed by atoms with Crippen molar-refractivity contribution in [2.24, 2.45) is 0 Å². The number of aliphatic carboxylic acids is 1. The van der Waals surface area contributed by atoms with Crippen molar-refractivity contribution in [2.75, 3.05) is 5.32 Å². The average Bonchev–Trinajstić information content (AvgIpc) is 3.23. The minimum Gasteiger partial charge on any atom is -0.508 e. The van der Waals surface area contributed by atoms with E-state index in [1.807, 2.05) is 0 Å². The number of phenolic OH excluding ortho intramolecular Hbond substituents is 1. The van der Waals surface area contributed by atoms with E-state index in [-0.39, 0.29) is 33.5 Å². The number of hydrogen-bond donors (Lipinski definition) is 5. The quantitative estimate of drug-likeness (QED) is 0.242. The Labute approximate surface area is 233 Å². The minimum atomic E-state index is -1.57. The molecule has 3 aromatic carbocycles. The largest absolute Gasteiger partial charge is 0.508 e. The Kier molecular flexibility index (Phi) is 8.23. The molecular formula is C28H23Cl2N3O6. The molecule has 5 N–H and O–H groups in total. The summed E-state index contributed by atoms with van der Waals surface area (Å²) in [5, 5.41) is 27.0. The molecule has 39 heavy (non-hydrogen) atoms. The van der Waals surface area contributed by atoms with Crippen molar-refractivity contribution in [3.05, 3.63) is 99.5 Å². The summed E-state index contributed by atoms with van der Waals surface area (Å²) in [5.74, 6) is -3.28. The lowest BCUT2D eigenvalue weighted by atomic mass is 10.0. The van der Waals surface area contributed by atoms with Gasteiger partial charge in [-0.2, -0.15) is 0 Å². The van der Waals surface area contributed by atoms with Crippen LogP contribution in [-0.2, 0) is 16.1 Å². The first-order chi connectivity index (χ1) is 18.5. The molecule has 11 heteroatoms. The molecule has 0 fully saturated rings. The monoisotopic (exact) mass is 567 g/mol. The Morgan fingerprint density at radius 1 is 1.00 bits per heavy atom. The van der Waals surface area contributed by atoms with Gasteiger partial charge in [0, 0.05) is 29.8 Å². The average molecular weight is 568 g/mol. The molecular weight excluding hydrogens is 545 g/mol. The van der Waals surface area contributed by atoms with Crippen LogP contribution in [0.15, 0.2) is 67.2 Å². The number of para-hydroxylation sites is 1. The Morgan fingerprint density at radius 2 is 1.69 bits per heavy atom. The molecule has 1 heterocycles. The van der Waals surface area contributed by atoms with Crippen molar-refractivity contribution in [2.45, 2.75) is 25.0 Å². The number of rotatable bonds is 9. The van der Waals surface area contributed by atoms with Gasteiger partial charge in [-0.3, -0.25) is 14.4 Å². The second kappa shape index (κ2) is 11.6. The lowest BCUT2D eigenvalue weighted by Crippen LogP contribution is -2.47. The highest BCUT2D eigenvalue weighted by Crippen LogP contribution is 2.34. The molecule has 1 aliphatic heterocycles. The Hall–Kier alpha value is -4.34. The van der Waals surface area contributed by atoms with Gasteiger partial charge in [0.2, 0.25) is 5.91 Å². The fourth-order valence-electron chi connectivity index (χ4n) is 4.17. The van der Waals surface area contributed by atoms with E-state index >= 15 is 0 Å². The number of ketones is 1. The van der Waals surface area contributed by atoms with Gasteiger partial charge >= 0.3 is 5.97 Å². The number of halogens is 2. The van der Waals surface area contributed by atoms with E-state index < -0.39 is 42.1 Å². The van der Waals surface area contributed by atoms with E-state index in [9.17, 15) is 29.4 Å². The summed E-state index contributed by atoms with van der Waals surface area (Å²) in [6, 6.07) is 13.5. The first-order valence-electron chi connectivity index (χ1n) is 11.7. The van der Waals surface area contributed by atoms with Gasteiger partial charge in [0.15, 0.2) is 5.78 Å². The summed E-state index contributed by atoms with van der Waals surface area (Å²) in [7, 11) is 0. The number of benzene rings is 3. The second-order valence-electron chi connectivity index (χ2n) is 8.84. The summed E-state index contributed by atoms with van der Waals surface area (Å²) in [5.41, 5.74) is 2.48. The van der Waals surface area contributed by atoms with Crippen LogP contribution < -0.4 is 16.0 Å². The first kappa shape index (κ1) is 27.7. The van der Waals surface area contributed by atoms with Crippen molar-refractivity contribution < 1.29 is 29.4 Å². The van der Waals surface area contributed by atoms with Crippen LogP contribution in [0, 0.1) is 0 Å². The fourth-order valence-corrected chi connectivity index (χ4v) is 4.87. The van der Waals surface area contributed by atoms with E-state index in [4.69, 9.17) is 23.2 Å². The number of anilines is 1. The predicted octanol–water partition coefficient (Wildman–Crippen LogP) is 4.28. The molecule has 0 aliphatic carbocycles. The minimum absolute atomic E-state index is 0.0566. The van der Waals surface area contributed by atoms with E-state index in [1.165, 1.54) is 24.3 Å². The third-order valence-electron chi connectivity index (χ3n) is 6.13. The SMILES string of the molecule is C=C1c2ccccc2NC1C(=O)NC(CC(=O)c1c(Cl)cc(C(=O)NCc2cccc(O)c2)cc1Cl)C(=O)O. The molecule has 0 bridgehead atoms. The van der Waals surface area contributed by atoms with Gasteiger partial charge < -0.3 is 26.2 Å². The number of Topliss-reactive ketones (excluding diaryl/α,β-unsaturated/α-hetero) is 1. The molecule has 4 rings (SSSR count). The number of fused-ring (bicyclic) bond motifs is 1. The lowest BCUT2D eigenvalue weighted by Gasteiger charge is -2.19. The van der Waals surface area contributed by atoms with Crippen LogP contribution in [0.25, 0.3) is 5.57 Å². The van der Waals surface area contributed by atoms with Crippen LogP contribution in [-0.4, -0.2) is 45.9 Å². The van der Waals surface area contributed by atoms with Gasteiger partial charge in [0.25, 0.3) is 5.91 Å². The maximum Gasteiger partial charge on any atom is 0.326 e. The van der Waals surface area contributed by atoms with E-state index in [2.05, 4.69) is 22.5 Å². The number of phenols is 1. The first-order valence-corrected chi connectivity index (χ1v) is 12.5. The standard InChI is InChI=1S/C28H23Cl2N3O6/c1-14-18-7-2-3-8-21(18)32-25(14)27(37)33-22(28(38)39)12-23(35)24-19(29)10-16(11-20(24)30)26(36)31-13-15-5-4-6-17(34)9-15/h2-11,22,25,32,34H,1,12-13H2,(H,31,36)(H,33,37)(H,38,39). The molecule has 200 valence electrons. The van der Waals surface area contributed by atoms with E-state index in [1.54, 1.807) is 36.4 Å². The van der Waals surface area contributed by atoms with Crippen molar-refractivity contribution in [3.63, 3.8) is 0 Å². The second-order valence-corrected chi connectivity index (χ2v) is 9.66. The van der Waals surface area contributed by atoms with Gasteiger partial charge in [-0.25, -0.2) is 4.79 Å². The number of carboxylic acids is 1. The molecule has 2 amide bonds. The number of carbonyl (C=O) groups excluding carboxylic acids is 3. The molecule has 1 aliphatic rings. The number of carboxylic acid groups (broad SMARTS) is 1. The van der Waals surface area contributed by atoms with Crippen molar-refractivity contribution in [1.29, 1.82) is 0 Å². The van der Waals surface area contributed by atoms with Crippen LogP contribution in [0.2, 0.25) is 10.0 Å². The molecule has 0 aromatic heterocycles. The third-order valence-corrected chi connectivity index (χ3v) is 6.73. The number of amides is 2. The molecule has 9 nitrogen and oxygen atoms in total. The maximum absolute atomic E-state index is 13.0. The van der Waals surface area contributed by atoms with Gasteiger partial charge in [0.1, 0.15) is 17.8 Å². The smallest absolute Gasteiger partial charge is 0.326 e. The Morgan fingerprint density at radius 3 is 2.33 bits per heavy atom. The van der Waals surface area contributed by atoms with Crippen LogP contribution in [0.1, 0.15) is 38.3 Å². The van der Waals surface area contributed by atoms with Crippen molar-refractivity contribution in [1.82, 2.24) is 10.6 Å². The van der Waals surface area contributed by atoms with Gasteiger partial charge in [-0.05, 0) is 41.5 Å². The summed E-state index contributed by atoms with van der Waals surface area (Å²) >= 11 is 12.6. The highest BCUT2D eigenvalue weighted by atomic mass is 35.5. The van der Waals surface area contributed by atoms with Crippen LogP contribution in [0.4, 0.5) is 5.69 Å². The number of carbonyl (C=O) groups is 4.